The monoisotopic (exact) mass is 281 g/mol. The lowest BCUT2D eigenvalue weighted by molar-refractivity contribution is -0.147. The average molecular weight is 281 g/mol. The van der Waals surface area contributed by atoms with Gasteiger partial charge in [0.1, 0.15) is 6.10 Å². The predicted octanol–water partition coefficient (Wildman–Crippen LogP) is 1.99. The van der Waals surface area contributed by atoms with Crippen molar-refractivity contribution in [3.63, 3.8) is 0 Å². The Labute approximate surface area is 119 Å². The topological polar surface area (TPSA) is 66.8 Å². The Morgan fingerprint density at radius 2 is 1.90 bits per heavy atom. The van der Waals surface area contributed by atoms with E-state index in [-0.39, 0.29) is 17.3 Å². The number of allylic oxidation sites excluding steroid dienone is 2. The van der Waals surface area contributed by atoms with E-state index in [4.69, 9.17) is 4.74 Å². The van der Waals surface area contributed by atoms with Crippen molar-refractivity contribution >= 4 is 11.9 Å². The van der Waals surface area contributed by atoms with Gasteiger partial charge in [0.05, 0.1) is 11.1 Å². The summed E-state index contributed by atoms with van der Waals surface area (Å²) in [6, 6.07) is 0. The lowest BCUT2D eigenvalue weighted by Crippen LogP contribution is -2.35. The fraction of sp³-hybridized carbons (Fsp3) is 0.600. The SMILES string of the molecule is C/C=C(C(=O)OC1CCN(C)CC1)\C(=C/CC)C(=O)O. The molecule has 0 aromatic carbocycles. The third-order valence-corrected chi connectivity index (χ3v) is 3.38. The molecule has 5 nitrogen and oxygen atoms in total. The van der Waals surface area contributed by atoms with Gasteiger partial charge in [0.15, 0.2) is 0 Å². The van der Waals surface area contributed by atoms with E-state index in [1.807, 2.05) is 14.0 Å². The number of carbonyl (C=O) groups is 2. The van der Waals surface area contributed by atoms with Crippen LogP contribution in [-0.4, -0.2) is 48.2 Å². The van der Waals surface area contributed by atoms with Gasteiger partial charge in [-0.3, -0.25) is 0 Å². The minimum Gasteiger partial charge on any atom is -0.478 e. The smallest absolute Gasteiger partial charge is 0.338 e. The molecule has 1 rings (SSSR count). The highest BCUT2D eigenvalue weighted by Gasteiger charge is 2.25. The van der Waals surface area contributed by atoms with Crippen LogP contribution in [0.4, 0.5) is 0 Å². The highest BCUT2D eigenvalue weighted by atomic mass is 16.5. The molecule has 1 aliphatic heterocycles. The second-order valence-electron chi connectivity index (χ2n) is 4.94. The van der Waals surface area contributed by atoms with Crippen molar-refractivity contribution in [2.45, 2.75) is 39.2 Å². The fourth-order valence-corrected chi connectivity index (χ4v) is 2.22. The quantitative estimate of drug-likeness (QED) is 0.474. The lowest BCUT2D eigenvalue weighted by Gasteiger charge is -2.28. The van der Waals surface area contributed by atoms with E-state index >= 15 is 0 Å². The summed E-state index contributed by atoms with van der Waals surface area (Å²) in [4.78, 5) is 25.5. The van der Waals surface area contributed by atoms with Crippen LogP contribution < -0.4 is 0 Å². The molecule has 20 heavy (non-hydrogen) atoms. The minimum atomic E-state index is -1.10. The Balaban J connectivity index is 2.73. The molecule has 0 radical (unpaired) electrons. The molecule has 0 unspecified atom stereocenters. The van der Waals surface area contributed by atoms with Gasteiger partial charge in [-0.05, 0) is 33.2 Å². The van der Waals surface area contributed by atoms with Crippen LogP contribution in [0, 0.1) is 0 Å². The summed E-state index contributed by atoms with van der Waals surface area (Å²) in [6.07, 6.45) is 5.06. The van der Waals surface area contributed by atoms with Gasteiger partial charge in [-0.1, -0.05) is 19.1 Å². The number of carboxylic acids is 1. The van der Waals surface area contributed by atoms with Crippen molar-refractivity contribution in [1.29, 1.82) is 0 Å². The van der Waals surface area contributed by atoms with Crippen molar-refractivity contribution in [2.75, 3.05) is 20.1 Å². The Kier molecular flexibility index (Phi) is 6.45. The highest BCUT2D eigenvalue weighted by molar-refractivity contribution is 6.06. The lowest BCUT2D eigenvalue weighted by atomic mass is 10.0. The van der Waals surface area contributed by atoms with Gasteiger partial charge in [0.2, 0.25) is 0 Å². The summed E-state index contributed by atoms with van der Waals surface area (Å²) in [5, 5.41) is 9.17. The number of piperidine rings is 1. The van der Waals surface area contributed by atoms with Crippen LogP contribution in [0.1, 0.15) is 33.1 Å². The zero-order valence-corrected chi connectivity index (χ0v) is 12.4. The summed E-state index contributed by atoms with van der Waals surface area (Å²) >= 11 is 0. The second-order valence-corrected chi connectivity index (χ2v) is 4.94. The second kappa shape index (κ2) is 7.85. The molecule has 1 fully saturated rings. The molecule has 1 saturated heterocycles. The first-order valence-electron chi connectivity index (χ1n) is 6.99. The van der Waals surface area contributed by atoms with Gasteiger partial charge in [-0.15, -0.1) is 0 Å². The van der Waals surface area contributed by atoms with Crippen molar-refractivity contribution in [3.8, 4) is 0 Å². The van der Waals surface area contributed by atoms with Crippen LogP contribution in [0.15, 0.2) is 23.3 Å². The molecule has 0 atom stereocenters. The van der Waals surface area contributed by atoms with Crippen molar-refractivity contribution in [2.24, 2.45) is 0 Å². The molecule has 0 aromatic heterocycles. The molecule has 112 valence electrons. The zero-order valence-electron chi connectivity index (χ0n) is 12.4. The van der Waals surface area contributed by atoms with Gasteiger partial charge >= 0.3 is 11.9 Å². The molecule has 5 heteroatoms. The maximum absolute atomic E-state index is 12.1. The Bertz CT molecular complexity index is 418. The number of carbonyl (C=O) groups excluding carboxylic acids is 1. The van der Waals surface area contributed by atoms with E-state index in [1.54, 1.807) is 6.92 Å². The number of carboxylic acid groups (broad SMARTS) is 1. The number of hydrogen-bond acceptors (Lipinski definition) is 4. The van der Waals surface area contributed by atoms with E-state index in [9.17, 15) is 14.7 Å². The van der Waals surface area contributed by atoms with E-state index in [2.05, 4.69) is 4.90 Å². The summed E-state index contributed by atoms with van der Waals surface area (Å²) in [7, 11) is 2.03. The van der Waals surface area contributed by atoms with E-state index in [1.165, 1.54) is 12.2 Å². The molecule has 1 aliphatic rings. The minimum absolute atomic E-state index is 0.0212. The first-order chi connectivity index (χ1) is 9.49. The number of ether oxygens (including phenoxy) is 1. The summed E-state index contributed by atoms with van der Waals surface area (Å²) in [5.74, 6) is -1.63. The molecule has 0 bridgehead atoms. The zero-order chi connectivity index (χ0) is 15.1. The van der Waals surface area contributed by atoms with Crippen molar-refractivity contribution in [1.82, 2.24) is 4.90 Å². The normalized spacial score (nSPS) is 18.9. The molecule has 0 aliphatic carbocycles. The van der Waals surface area contributed by atoms with Crippen LogP contribution >= 0.6 is 0 Å². The first kappa shape index (κ1) is 16.4. The largest absolute Gasteiger partial charge is 0.478 e. The Hall–Kier alpha value is -1.62. The number of likely N-dealkylation sites (tertiary alicyclic amines) is 1. The number of hydrogen-bond donors (Lipinski definition) is 1. The number of esters is 1. The highest BCUT2D eigenvalue weighted by Crippen LogP contribution is 2.18. The third-order valence-electron chi connectivity index (χ3n) is 3.38. The van der Waals surface area contributed by atoms with Gasteiger partial charge in [0, 0.05) is 13.1 Å². The molecule has 0 spiro atoms. The summed E-state index contributed by atoms with van der Waals surface area (Å²) in [6.45, 7) is 5.26. The maximum atomic E-state index is 12.1. The molecule has 0 aromatic rings. The molecular weight excluding hydrogens is 258 g/mol. The molecule has 0 amide bonds. The maximum Gasteiger partial charge on any atom is 0.338 e. The van der Waals surface area contributed by atoms with Crippen molar-refractivity contribution < 1.29 is 19.4 Å². The molecule has 1 heterocycles. The first-order valence-corrected chi connectivity index (χ1v) is 6.99. The predicted molar refractivity (Wildman–Crippen MR) is 76.4 cm³/mol. The molecule has 1 N–H and O–H groups in total. The van der Waals surface area contributed by atoms with Crippen LogP contribution in [0.5, 0.6) is 0 Å². The van der Waals surface area contributed by atoms with Crippen molar-refractivity contribution in [3.05, 3.63) is 23.3 Å². The number of nitrogens with zero attached hydrogens (tertiary/aromatic N) is 1. The van der Waals surface area contributed by atoms with Crippen LogP contribution in [0.3, 0.4) is 0 Å². The average Bonchev–Trinajstić information content (AvgIpc) is 2.41. The van der Waals surface area contributed by atoms with Crippen LogP contribution in [-0.2, 0) is 14.3 Å². The number of rotatable bonds is 5. The van der Waals surface area contributed by atoms with Gasteiger partial charge < -0.3 is 14.7 Å². The van der Waals surface area contributed by atoms with E-state index in [0.717, 1.165) is 25.9 Å². The third kappa shape index (κ3) is 4.49. The Morgan fingerprint density at radius 3 is 2.35 bits per heavy atom. The standard InChI is InChI=1S/C15H23NO4/c1-4-6-13(14(17)18)12(5-2)15(19)20-11-7-9-16(3)10-8-11/h5-6,11H,4,7-10H2,1-3H3,(H,17,18)/b12-5+,13-6+. The van der Waals surface area contributed by atoms with Gasteiger partial charge in [0.25, 0.3) is 0 Å². The van der Waals surface area contributed by atoms with E-state index in [0.29, 0.717) is 6.42 Å². The number of aliphatic carboxylic acids is 1. The van der Waals surface area contributed by atoms with Crippen LogP contribution in [0.25, 0.3) is 0 Å². The van der Waals surface area contributed by atoms with E-state index < -0.39 is 11.9 Å². The fourth-order valence-electron chi connectivity index (χ4n) is 2.22. The molecular formula is C15H23NO4. The molecule has 0 saturated carbocycles. The summed E-state index contributed by atoms with van der Waals surface area (Å²) in [5.41, 5.74) is 0.159. The van der Waals surface area contributed by atoms with Gasteiger partial charge in [-0.2, -0.15) is 0 Å². The van der Waals surface area contributed by atoms with Gasteiger partial charge in [-0.25, -0.2) is 9.59 Å². The summed E-state index contributed by atoms with van der Waals surface area (Å²) < 4.78 is 5.43. The Morgan fingerprint density at radius 1 is 1.30 bits per heavy atom. The van der Waals surface area contributed by atoms with Crippen LogP contribution in [0.2, 0.25) is 0 Å².